The molecule has 1 atom stereocenters. The Labute approximate surface area is 108 Å². The van der Waals surface area contributed by atoms with E-state index in [0.29, 0.717) is 12.2 Å². The summed E-state index contributed by atoms with van der Waals surface area (Å²) in [5.74, 6) is 0. The van der Waals surface area contributed by atoms with Crippen LogP contribution in [0.3, 0.4) is 0 Å². The Morgan fingerprint density at radius 1 is 1.33 bits per heavy atom. The maximum Gasteiger partial charge on any atom is 0.243 e. The van der Waals surface area contributed by atoms with Gasteiger partial charge in [0.15, 0.2) is 0 Å². The molecule has 0 saturated carbocycles. The van der Waals surface area contributed by atoms with Crippen molar-refractivity contribution in [1.82, 2.24) is 4.31 Å². The van der Waals surface area contributed by atoms with E-state index >= 15 is 0 Å². The Balaban J connectivity index is 2.97. The number of methoxy groups -OCH3 is 1. The predicted molar refractivity (Wildman–Crippen MR) is 68.7 cm³/mol. The summed E-state index contributed by atoms with van der Waals surface area (Å²) in [6, 6.07) is 5.95. The van der Waals surface area contributed by atoms with E-state index in [-0.39, 0.29) is 17.5 Å². The van der Waals surface area contributed by atoms with Crippen LogP contribution in [0.1, 0.15) is 12.5 Å². The van der Waals surface area contributed by atoms with Crippen LogP contribution in [0.25, 0.3) is 0 Å². The summed E-state index contributed by atoms with van der Waals surface area (Å²) < 4.78 is 30.7. The summed E-state index contributed by atoms with van der Waals surface area (Å²) in [6.07, 6.45) is 0. The van der Waals surface area contributed by atoms with E-state index in [1.165, 1.54) is 30.6 Å². The van der Waals surface area contributed by atoms with Crippen molar-refractivity contribution in [2.24, 2.45) is 0 Å². The summed E-state index contributed by atoms with van der Waals surface area (Å²) in [5, 5.41) is 8.92. The molecule has 0 heterocycles. The first-order chi connectivity index (χ1) is 8.43. The molecule has 5 nitrogen and oxygen atoms in total. The standard InChI is InChI=1S/C12H19NO4S/c1-10(9-17-3)13(2)18(15,16)12-6-4-11(8-14)5-7-12/h4-7,10,14H,8-9H2,1-3H3. The highest BCUT2D eigenvalue weighted by Crippen LogP contribution is 2.17. The lowest BCUT2D eigenvalue weighted by Gasteiger charge is -2.23. The number of nitrogens with zero attached hydrogens (tertiary/aromatic N) is 1. The SMILES string of the molecule is COCC(C)N(C)S(=O)(=O)c1ccc(CO)cc1. The molecule has 0 spiro atoms. The van der Waals surface area contributed by atoms with Gasteiger partial charge in [0, 0.05) is 20.2 Å². The highest BCUT2D eigenvalue weighted by atomic mass is 32.2. The maximum absolute atomic E-state index is 12.3. The molecule has 1 N–H and O–H groups in total. The van der Waals surface area contributed by atoms with Crippen molar-refractivity contribution in [3.63, 3.8) is 0 Å². The average Bonchev–Trinajstić information content (AvgIpc) is 2.38. The molecule has 0 bridgehead atoms. The quantitative estimate of drug-likeness (QED) is 0.834. The summed E-state index contributed by atoms with van der Waals surface area (Å²) in [6.45, 7) is 2.02. The van der Waals surface area contributed by atoms with Gasteiger partial charge in [-0.2, -0.15) is 4.31 Å². The van der Waals surface area contributed by atoms with Crippen molar-refractivity contribution in [3.8, 4) is 0 Å². The van der Waals surface area contributed by atoms with Gasteiger partial charge < -0.3 is 9.84 Å². The Morgan fingerprint density at radius 3 is 2.33 bits per heavy atom. The predicted octanol–water partition coefficient (Wildman–Crippen LogP) is 0.834. The van der Waals surface area contributed by atoms with Gasteiger partial charge in [-0.15, -0.1) is 0 Å². The Kier molecular flexibility index (Phi) is 5.28. The van der Waals surface area contributed by atoms with Crippen LogP contribution >= 0.6 is 0 Å². The number of hydrogen-bond acceptors (Lipinski definition) is 4. The lowest BCUT2D eigenvalue weighted by Crippen LogP contribution is -2.37. The van der Waals surface area contributed by atoms with E-state index in [1.807, 2.05) is 0 Å². The van der Waals surface area contributed by atoms with Crippen LogP contribution in [0.15, 0.2) is 29.2 Å². The van der Waals surface area contributed by atoms with Gasteiger partial charge >= 0.3 is 0 Å². The molecular formula is C12H19NO4S. The number of aliphatic hydroxyl groups excluding tert-OH is 1. The molecule has 0 fully saturated rings. The zero-order valence-electron chi connectivity index (χ0n) is 10.8. The Bertz CT molecular complexity index is 469. The molecular weight excluding hydrogens is 254 g/mol. The van der Waals surface area contributed by atoms with Gasteiger partial charge in [-0.1, -0.05) is 12.1 Å². The van der Waals surface area contributed by atoms with Gasteiger partial charge in [-0.3, -0.25) is 0 Å². The summed E-state index contributed by atoms with van der Waals surface area (Å²) in [4.78, 5) is 0.213. The second-order valence-corrected chi connectivity index (χ2v) is 6.13. The van der Waals surface area contributed by atoms with Crippen LogP contribution in [0, 0.1) is 0 Å². The molecule has 0 aliphatic heterocycles. The molecule has 0 aliphatic carbocycles. The fourth-order valence-corrected chi connectivity index (χ4v) is 2.86. The van der Waals surface area contributed by atoms with Crippen LogP contribution < -0.4 is 0 Å². The maximum atomic E-state index is 12.3. The molecule has 0 aromatic heterocycles. The topological polar surface area (TPSA) is 66.8 Å². The zero-order valence-corrected chi connectivity index (χ0v) is 11.6. The number of rotatable bonds is 6. The highest BCUT2D eigenvalue weighted by molar-refractivity contribution is 7.89. The molecule has 0 aliphatic rings. The van der Waals surface area contributed by atoms with Crippen LogP contribution in [-0.2, 0) is 21.4 Å². The third-order valence-electron chi connectivity index (χ3n) is 2.81. The number of ether oxygens (including phenoxy) is 1. The Hall–Kier alpha value is -0.950. The molecule has 1 rings (SSSR count). The van der Waals surface area contributed by atoms with Crippen LogP contribution in [-0.4, -0.2) is 44.6 Å². The van der Waals surface area contributed by atoms with E-state index in [0.717, 1.165) is 0 Å². The van der Waals surface area contributed by atoms with Crippen molar-refractivity contribution in [1.29, 1.82) is 0 Å². The molecule has 6 heteroatoms. The molecule has 0 saturated heterocycles. The van der Waals surface area contributed by atoms with Gasteiger partial charge in [-0.25, -0.2) is 8.42 Å². The number of aliphatic hydroxyl groups is 1. The van der Waals surface area contributed by atoms with E-state index in [4.69, 9.17) is 9.84 Å². The van der Waals surface area contributed by atoms with Gasteiger partial charge in [0.1, 0.15) is 0 Å². The normalized spacial score (nSPS) is 13.8. The number of benzene rings is 1. The summed E-state index contributed by atoms with van der Waals surface area (Å²) in [5.41, 5.74) is 0.682. The first-order valence-corrected chi connectivity index (χ1v) is 7.04. The van der Waals surface area contributed by atoms with Crippen LogP contribution in [0.2, 0.25) is 0 Å². The molecule has 1 unspecified atom stereocenters. The second kappa shape index (κ2) is 6.29. The monoisotopic (exact) mass is 273 g/mol. The summed E-state index contributed by atoms with van der Waals surface area (Å²) in [7, 11) is -0.452. The fraction of sp³-hybridized carbons (Fsp3) is 0.500. The highest BCUT2D eigenvalue weighted by Gasteiger charge is 2.25. The summed E-state index contributed by atoms with van der Waals surface area (Å²) >= 11 is 0. The van der Waals surface area contributed by atoms with E-state index in [9.17, 15) is 8.42 Å². The largest absolute Gasteiger partial charge is 0.392 e. The van der Waals surface area contributed by atoms with E-state index in [1.54, 1.807) is 19.1 Å². The van der Waals surface area contributed by atoms with Crippen molar-refractivity contribution in [3.05, 3.63) is 29.8 Å². The van der Waals surface area contributed by atoms with Gasteiger partial charge in [0.25, 0.3) is 0 Å². The van der Waals surface area contributed by atoms with Gasteiger partial charge in [0.05, 0.1) is 18.1 Å². The minimum Gasteiger partial charge on any atom is -0.392 e. The first-order valence-electron chi connectivity index (χ1n) is 5.60. The molecule has 0 amide bonds. The molecule has 0 radical (unpaired) electrons. The first kappa shape index (κ1) is 15.1. The lowest BCUT2D eigenvalue weighted by molar-refractivity contribution is 0.149. The minimum absolute atomic E-state index is 0.101. The van der Waals surface area contributed by atoms with Crippen molar-refractivity contribution < 1.29 is 18.3 Å². The Morgan fingerprint density at radius 2 is 1.89 bits per heavy atom. The molecule has 102 valence electrons. The van der Waals surface area contributed by atoms with Crippen LogP contribution in [0.4, 0.5) is 0 Å². The number of hydrogen-bond donors (Lipinski definition) is 1. The second-order valence-electron chi connectivity index (χ2n) is 4.13. The average molecular weight is 273 g/mol. The van der Waals surface area contributed by atoms with Crippen molar-refractivity contribution in [2.45, 2.75) is 24.5 Å². The van der Waals surface area contributed by atoms with E-state index < -0.39 is 10.0 Å². The molecule has 18 heavy (non-hydrogen) atoms. The fourth-order valence-electron chi connectivity index (χ4n) is 1.52. The smallest absolute Gasteiger partial charge is 0.243 e. The third-order valence-corrected chi connectivity index (χ3v) is 4.80. The third kappa shape index (κ3) is 3.29. The number of likely N-dealkylation sites (N-methyl/N-ethyl adjacent to an activating group) is 1. The lowest BCUT2D eigenvalue weighted by atomic mass is 10.2. The minimum atomic E-state index is -3.51. The van der Waals surface area contributed by atoms with Gasteiger partial charge in [-0.05, 0) is 24.6 Å². The van der Waals surface area contributed by atoms with Crippen molar-refractivity contribution in [2.75, 3.05) is 20.8 Å². The van der Waals surface area contributed by atoms with Gasteiger partial charge in [0.2, 0.25) is 10.0 Å². The zero-order chi connectivity index (χ0) is 13.8. The molecule has 1 aromatic rings. The van der Waals surface area contributed by atoms with Crippen molar-refractivity contribution >= 4 is 10.0 Å². The van der Waals surface area contributed by atoms with E-state index in [2.05, 4.69) is 0 Å². The van der Waals surface area contributed by atoms with Crippen LogP contribution in [0.5, 0.6) is 0 Å². The number of sulfonamides is 1. The molecule has 1 aromatic carbocycles.